The second-order valence-electron chi connectivity index (χ2n) is 1.12. The van der Waals surface area contributed by atoms with E-state index in [1.54, 1.807) is 0 Å². The molecule has 0 atom stereocenters. The number of allylic oxidation sites excluding steroid dienone is 2. The van der Waals surface area contributed by atoms with Gasteiger partial charge in [0.15, 0.2) is 12.3 Å². The highest BCUT2D eigenvalue weighted by atomic mass is 127. The smallest absolute Gasteiger partial charge is 0.188 e. The van der Waals surface area contributed by atoms with E-state index >= 15 is 0 Å². The van der Waals surface area contributed by atoms with Crippen molar-refractivity contribution in [2.75, 3.05) is 6.54 Å². The van der Waals surface area contributed by atoms with E-state index in [9.17, 15) is 0 Å². The van der Waals surface area contributed by atoms with E-state index in [1.807, 2.05) is 18.2 Å². The number of rotatable bonds is 0. The van der Waals surface area contributed by atoms with E-state index in [-0.39, 0.29) is 24.0 Å². The lowest BCUT2D eigenvalue weighted by Crippen LogP contribution is -3.00. The molecule has 2 heteroatoms. The van der Waals surface area contributed by atoms with E-state index in [0.717, 1.165) is 6.54 Å². The average Bonchev–Trinajstić information content (AvgIpc) is 1.72. The van der Waals surface area contributed by atoms with Gasteiger partial charge in [-0.05, 0) is 0 Å². The first kappa shape index (κ1) is 6.92. The fourth-order valence-corrected chi connectivity index (χ4v) is 0.361. The fourth-order valence-electron chi connectivity index (χ4n) is 0.361. The summed E-state index contributed by atoms with van der Waals surface area (Å²) < 4.78 is 0. The molecule has 0 saturated carbocycles. The van der Waals surface area contributed by atoms with Gasteiger partial charge < -0.3 is 24.0 Å². The SMILES string of the molecule is [C+]1=CC=CCN1.[I-]. The summed E-state index contributed by atoms with van der Waals surface area (Å²) in [5.74, 6) is 0. The molecule has 0 fully saturated rings. The van der Waals surface area contributed by atoms with Crippen molar-refractivity contribution in [3.05, 3.63) is 24.4 Å². The zero-order chi connectivity index (χ0) is 4.24. The fraction of sp³-hybridized carbons (Fsp3) is 0.200. The van der Waals surface area contributed by atoms with Gasteiger partial charge in [0, 0.05) is 6.08 Å². The van der Waals surface area contributed by atoms with Gasteiger partial charge in [0.1, 0.15) is 0 Å². The molecule has 0 aliphatic carbocycles. The molecular weight excluding hydrogens is 201 g/mol. The van der Waals surface area contributed by atoms with Crippen molar-refractivity contribution in [3.8, 4) is 0 Å². The molecule has 0 amide bonds. The monoisotopic (exact) mass is 207 g/mol. The number of halogens is 1. The van der Waals surface area contributed by atoms with E-state index < -0.39 is 0 Å². The molecule has 0 unspecified atom stereocenters. The van der Waals surface area contributed by atoms with Gasteiger partial charge in [-0.15, -0.1) is 0 Å². The van der Waals surface area contributed by atoms with Crippen LogP contribution in [0.15, 0.2) is 18.2 Å². The lowest BCUT2D eigenvalue weighted by atomic mass is 10.4. The van der Waals surface area contributed by atoms with E-state index in [1.165, 1.54) is 0 Å². The largest absolute Gasteiger partial charge is 1.00 e. The van der Waals surface area contributed by atoms with Crippen LogP contribution in [0.2, 0.25) is 0 Å². The number of hydrogen-bond acceptors (Lipinski definition) is 1. The van der Waals surface area contributed by atoms with Crippen molar-refractivity contribution in [1.82, 2.24) is 5.32 Å². The standard InChI is InChI=1S/C5H6N.HI/c1-2-4-6-5-3-1;/h1-3,6H,4H2;1H/q+1;/p-1. The molecule has 38 valence electrons. The predicted octanol–water partition coefficient (Wildman–Crippen LogP) is -2.53. The van der Waals surface area contributed by atoms with Gasteiger partial charge in [-0.2, -0.15) is 0 Å². The van der Waals surface area contributed by atoms with Crippen LogP contribution in [0.25, 0.3) is 0 Å². The molecule has 1 N–H and O–H groups in total. The van der Waals surface area contributed by atoms with E-state index in [4.69, 9.17) is 0 Å². The Hall–Kier alpha value is -0.0800. The van der Waals surface area contributed by atoms with Gasteiger partial charge in [0.05, 0.1) is 12.6 Å². The minimum absolute atomic E-state index is 0. The number of nitrogens with one attached hydrogen (secondary N) is 1. The van der Waals surface area contributed by atoms with Gasteiger partial charge >= 0.3 is 0 Å². The molecule has 0 spiro atoms. The van der Waals surface area contributed by atoms with Crippen molar-refractivity contribution >= 4 is 0 Å². The molecule has 0 aromatic carbocycles. The highest BCUT2D eigenvalue weighted by molar-refractivity contribution is 5.03. The Morgan fingerprint density at radius 3 is 2.57 bits per heavy atom. The summed E-state index contributed by atoms with van der Waals surface area (Å²) in [7, 11) is 0. The molecule has 1 aliphatic heterocycles. The molecule has 0 aromatic rings. The van der Waals surface area contributed by atoms with Crippen molar-refractivity contribution in [3.63, 3.8) is 0 Å². The second kappa shape index (κ2) is 4.09. The second-order valence-corrected chi connectivity index (χ2v) is 1.12. The Morgan fingerprint density at radius 2 is 2.43 bits per heavy atom. The van der Waals surface area contributed by atoms with Crippen LogP contribution in [0.5, 0.6) is 0 Å². The van der Waals surface area contributed by atoms with Crippen molar-refractivity contribution in [2.45, 2.75) is 0 Å². The zero-order valence-corrected chi connectivity index (χ0v) is 5.97. The highest BCUT2D eigenvalue weighted by Crippen LogP contribution is 1.77. The lowest BCUT2D eigenvalue weighted by Gasteiger charge is -1.82. The Morgan fingerprint density at radius 1 is 1.57 bits per heavy atom. The molecule has 1 rings (SSSR count). The predicted molar refractivity (Wildman–Crippen MR) is 25.0 cm³/mol. The van der Waals surface area contributed by atoms with Gasteiger partial charge in [0.25, 0.3) is 0 Å². The Labute approximate surface area is 60.5 Å². The molecule has 0 saturated heterocycles. The van der Waals surface area contributed by atoms with Crippen molar-refractivity contribution < 1.29 is 24.0 Å². The topological polar surface area (TPSA) is 12.0 Å². The molecule has 1 heterocycles. The number of hydrogen-bond donors (Lipinski definition) is 1. The molecule has 7 heavy (non-hydrogen) atoms. The third kappa shape index (κ3) is 2.60. The summed E-state index contributed by atoms with van der Waals surface area (Å²) in [5.41, 5.74) is 0. The summed E-state index contributed by atoms with van der Waals surface area (Å²) in [6.45, 7) is 0.927. The van der Waals surface area contributed by atoms with E-state index in [0.29, 0.717) is 0 Å². The maximum Gasteiger partial charge on any atom is 0.188 e. The summed E-state index contributed by atoms with van der Waals surface area (Å²) in [6.07, 6.45) is 8.68. The highest BCUT2D eigenvalue weighted by Gasteiger charge is 1.86. The first-order valence-electron chi connectivity index (χ1n) is 1.97. The van der Waals surface area contributed by atoms with Crippen LogP contribution in [-0.4, -0.2) is 6.54 Å². The minimum atomic E-state index is 0. The Kier molecular flexibility index (Phi) is 4.04. The molecule has 0 aromatic heterocycles. The normalized spacial score (nSPS) is 13.7. The maximum atomic E-state index is 2.89. The van der Waals surface area contributed by atoms with Gasteiger partial charge in [0.2, 0.25) is 0 Å². The summed E-state index contributed by atoms with van der Waals surface area (Å²) in [5, 5.41) is 2.89. The van der Waals surface area contributed by atoms with Crippen LogP contribution in [-0.2, 0) is 0 Å². The Bertz CT molecular complexity index is 74.1. The first-order chi connectivity index (χ1) is 3.00. The van der Waals surface area contributed by atoms with Crippen LogP contribution in [0, 0.1) is 6.20 Å². The molecule has 0 radical (unpaired) electrons. The van der Waals surface area contributed by atoms with Gasteiger partial charge in [-0.3, -0.25) is 5.32 Å². The zero-order valence-electron chi connectivity index (χ0n) is 3.82. The van der Waals surface area contributed by atoms with Gasteiger partial charge in [-0.1, -0.05) is 0 Å². The lowest BCUT2D eigenvalue weighted by molar-refractivity contribution is -0.00000123. The first-order valence-corrected chi connectivity index (χ1v) is 1.97. The van der Waals surface area contributed by atoms with Crippen LogP contribution in [0.3, 0.4) is 0 Å². The van der Waals surface area contributed by atoms with Crippen LogP contribution in [0.1, 0.15) is 0 Å². The molecule has 1 aliphatic rings. The summed E-state index contributed by atoms with van der Waals surface area (Å²) in [4.78, 5) is 0. The third-order valence-electron chi connectivity index (χ3n) is 0.638. The van der Waals surface area contributed by atoms with Gasteiger partial charge in [-0.25, -0.2) is 0 Å². The third-order valence-corrected chi connectivity index (χ3v) is 0.638. The van der Waals surface area contributed by atoms with Crippen molar-refractivity contribution in [1.29, 1.82) is 0 Å². The maximum absolute atomic E-state index is 2.89. The molecule has 0 bridgehead atoms. The Balaban J connectivity index is 0.000000360. The average molecular weight is 207 g/mol. The molecular formula is C5H6IN. The minimum Gasteiger partial charge on any atom is -1.00 e. The number of dihydropyridines is 1. The quantitative estimate of drug-likeness (QED) is 0.341. The van der Waals surface area contributed by atoms with E-state index in [2.05, 4.69) is 11.5 Å². The molecule has 1 nitrogen and oxygen atoms in total. The van der Waals surface area contributed by atoms with Crippen LogP contribution in [0.4, 0.5) is 0 Å². The summed E-state index contributed by atoms with van der Waals surface area (Å²) in [6, 6.07) is 0. The van der Waals surface area contributed by atoms with Crippen LogP contribution >= 0.6 is 0 Å². The summed E-state index contributed by atoms with van der Waals surface area (Å²) >= 11 is 0. The van der Waals surface area contributed by atoms with Crippen molar-refractivity contribution in [2.24, 2.45) is 0 Å². The van der Waals surface area contributed by atoms with Crippen LogP contribution < -0.4 is 29.3 Å².